The van der Waals surface area contributed by atoms with Gasteiger partial charge in [-0.15, -0.1) is 0 Å². The minimum absolute atomic E-state index is 0.333. The number of nitrogens with zero attached hydrogens (tertiary/aromatic N) is 2. The van der Waals surface area contributed by atoms with E-state index in [-0.39, 0.29) is 0 Å². The summed E-state index contributed by atoms with van der Waals surface area (Å²) in [6, 6.07) is 13.8. The van der Waals surface area contributed by atoms with Crippen LogP contribution in [0.2, 0.25) is 0 Å². The molecule has 2 N–H and O–H groups in total. The monoisotopic (exact) mass is 442 g/mol. The van der Waals surface area contributed by atoms with Crippen LogP contribution in [-0.4, -0.2) is 29.5 Å². The predicted octanol–water partition coefficient (Wildman–Crippen LogP) is 5.67. The third-order valence-electron chi connectivity index (χ3n) is 5.03. The third kappa shape index (κ3) is 6.40. The maximum atomic E-state index is 14.0. The van der Waals surface area contributed by atoms with Gasteiger partial charge in [0, 0.05) is 17.7 Å². The molecule has 1 atom stereocenters. The van der Waals surface area contributed by atoms with Crippen LogP contribution in [0, 0.1) is 5.82 Å². The first-order chi connectivity index (χ1) is 15.4. The molecule has 4 nitrogen and oxygen atoms in total. The summed E-state index contributed by atoms with van der Waals surface area (Å²) in [7, 11) is 0. The Morgan fingerprint density at radius 2 is 1.91 bits per heavy atom. The number of alkyl halides is 2. The summed E-state index contributed by atoms with van der Waals surface area (Å²) in [5.41, 5.74) is 8.22. The van der Waals surface area contributed by atoms with Gasteiger partial charge in [0.25, 0.3) is 6.43 Å². The molecule has 0 unspecified atom stereocenters. The number of hydrogen-bond acceptors (Lipinski definition) is 3. The van der Waals surface area contributed by atoms with Gasteiger partial charge in [-0.25, -0.2) is 17.7 Å². The molecule has 2 aromatic carbocycles. The summed E-state index contributed by atoms with van der Waals surface area (Å²) < 4.78 is 48.0. The largest absolute Gasteiger partial charge is 0.397 e. The van der Waals surface area contributed by atoms with Crippen molar-refractivity contribution in [1.82, 2.24) is 0 Å². The van der Waals surface area contributed by atoms with Crippen molar-refractivity contribution in [2.24, 2.45) is 10.7 Å². The molecule has 168 valence electrons. The molecule has 0 fully saturated rings. The lowest BCUT2D eigenvalue weighted by Crippen LogP contribution is -2.19. The molecule has 0 saturated carbocycles. The van der Waals surface area contributed by atoms with E-state index in [9.17, 15) is 13.2 Å². The number of nitrogens with two attached hydrogens (primary N) is 1. The van der Waals surface area contributed by atoms with Gasteiger partial charge in [-0.2, -0.15) is 0 Å². The molecule has 0 amide bonds. The van der Waals surface area contributed by atoms with Gasteiger partial charge in [0.1, 0.15) is 12.4 Å². The maximum Gasteiger partial charge on any atom is 0.277 e. The fourth-order valence-corrected chi connectivity index (χ4v) is 3.27. The molecule has 3 rings (SSSR count). The molecule has 0 saturated heterocycles. The van der Waals surface area contributed by atoms with Crippen molar-refractivity contribution in [1.29, 1.82) is 0 Å². The second kappa shape index (κ2) is 10.9. The highest BCUT2D eigenvalue weighted by atomic mass is 19.3. The lowest BCUT2D eigenvalue weighted by molar-refractivity contribution is -0.459. The Balaban J connectivity index is 1.87. The topological polar surface area (TPSA) is 50.6 Å². The first-order valence-corrected chi connectivity index (χ1v) is 10.4. The molecular formula is C25H27F3N3O+. The summed E-state index contributed by atoms with van der Waals surface area (Å²) in [6.07, 6.45) is 2.13. The summed E-state index contributed by atoms with van der Waals surface area (Å²) >= 11 is 0. The van der Waals surface area contributed by atoms with Gasteiger partial charge in [-0.3, -0.25) is 4.99 Å². The van der Waals surface area contributed by atoms with E-state index in [0.717, 1.165) is 17.7 Å². The molecule has 0 aliphatic carbocycles. The van der Waals surface area contributed by atoms with Crippen molar-refractivity contribution in [3.8, 4) is 0 Å². The van der Waals surface area contributed by atoms with E-state index in [1.165, 1.54) is 24.3 Å². The molecule has 1 heterocycles. The van der Waals surface area contributed by atoms with E-state index in [1.54, 1.807) is 6.92 Å². The Kier molecular flexibility index (Phi) is 8.00. The summed E-state index contributed by atoms with van der Waals surface area (Å²) in [5, 5.41) is 0. The Bertz CT molecular complexity index is 1060. The fraction of sp³-hybridized carbons (Fsp3) is 0.280. The molecule has 0 bridgehead atoms. The molecular weight excluding hydrogens is 415 g/mol. The zero-order valence-corrected chi connectivity index (χ0v) is 18.1. The second-order valence-corrected chi connectivity index (χ2v) is 7.53. The van der Waals surface area contributed by atoms with Crippen LogP contribution in [-0.2, 0) is 11.3 Å². The first-order valence-electron chi connectivity index (χ1n) is 10.4. The lowest BCUT2D eigenvalue weighted by atomic mass is 10.0. The van der Waals surface area contributed by atoms with Crippen molar-refractivity contribution < 1.29 is 22.5 Å². The number of rotatable bonds is 10. The zero-order valence-electron chi connectivity index (χ0n) is 18.1. The maximum absolute atomic E-state index is 14.0. The van der Waals surface area contributed by atoms with E-state index in [1.807, 2.05) is 54.2 Å². The lowest BCUT2D eigenvalue weighted by Gasteiger charge is -2.17. The number of benzene rings is 2. The van der Waals surface area contributed by atoms with Crippen molar-refractivity contribution in [3.05, 3.63) is 89.0 Å². The fourth-order valence-electron chi connectivity index (χ4n) is 3.27. The van der Waals surface area contributed by atoms with Gasteiger partial charge in [0.2, 0.25) is 0 Å². The summed E-state index contributed by atoms with van der Waals surface area (Å²) in [5.74, 6) is -0.424. The van der Waals surface area contributed by atoms with E-state index < -0.39 is 24.0 Å². The van der Waals surface area contributed by atoms with Crippen molar-refractivity contribution in [2.45, 2.75) is 39.4 Å². The van der Waals surface area contributed by atoms with Crippen LogP contribution in [0.4, 0.5) is 18.9 Å². The van der Waals surface area contributed by atoms with Gasteiger partial charge < -0.3 is 10.5 Å². The molecule has 2 aromatic rings. The number of allylic oxidation sites excluding steroid dienone is 3. The standard InChI is InChI=1S/C25H27F3N3O/c1-3-31-14-19(15-31)11-21(13-23(29)25(27)28)30-24-10-9-20(26)12-22(24)17(2)32-16-18-7-5-4-6-8-18/h4-10,12-15,17,25H,3,11,16,29H2,1-2H3/q+1/t17-/m1/s1. The van der Waals surface area contributed by atoms with Gasteiger partial charge in [0.15, 0.2) is 12.4 Å². The van der Waals surface area contributed by atoms with Gasteiger partial charge in [-0.05, 0) is 43.7 Å². The molecule has 1 aliphatic heterocycles. The van der Waals surface area contributed by atoms with E-state index >= 15 is 0 Å². The quantitative estimate of drug-likeness (QED) is 0.380. The van der Waals surface area contributed by atoms with Crippen LogP contribution in [0.3, 0.4) is 0 Å². The summed E-state index contributed by atoms with van der Waals surface area (Å²) in [4.78, 5) is 4.57. The van der Waals surface area contributed by atoms with Crippen molar-refractivity contribution >= 4 is 17.6 Å². The smallest absolute Gasteiger partial charge is 0.277 e. The molecule has 0 aromatic heterocycles. The SMILES string of the molecule is CC[N+]1=CC(CC(C=C(N)C(F)F)=Nc2ccc(F)cc2[C@@H](C)OCc2ccccc2)=C1. The number of halogens is 3. The number of ether oxygens (including phenoxy) is 1. The minimum atomic E-state index is -2.78. The molecule has 0 spiro atoms. The molecule has 1 aliphatic rings. The van der Waals surface area contributed by atoms with Crippen LogP contribution in [0.5, 0.6) is 0 Å². The Labute approximate surface area is 186 Å². The van der Waals surface area contributed by atoms with E-state index in [0.29, 0.717) is 30.0 Å². The Hall–Kier alpha value is -3.19. The zero-order chi connectivity index (χ0) is 23.1. The number of aliphatic imine (C=N–C) groups is 1. The second-order valence-electron chi connectivity index (χ2n) is 7.53. The van der Waals surface area contributed by atoms with Gasteiger partial charge >= 0.3 is 0 Å². The van der Waals surface area contributed by atoms with Gasteiger partial charge in [0.05, 0.1) is 29.7 Å². The highest BCUT2D eigenvalue weighted by Gasteiger charge is 2.19. The molecule has 0 radical (unpaired) electrons. The third-order valence-corrected chi connectivity index (χ3v) is 5.03. The normalized spacial score (nSPS) is 15.3. The number of hydrogen-bond donors (Lipinski definition) is 1. The van der Waals surface area contributed by atoms with Crippen LogP contribution < -0.4 is 5.73 Å². The van der Waals surface area contributed by atoms with Crippen LogP contribution in [0.15, 0.2) is 77.1 Å². The molecule has 7 heteroatoms. The van der Waals surface area contributed by atoms with Crippen molar-refractivity contribution in [2.75, 3.05) is 6.54 Å². The summed E-state index contributed by atoms with van der Waals surface area (Å²) in [6.45, 7) is 4.99. The minimum Gasteiger partial charge on any atom is -0.397 e. The average Bonchev–Trinajstić information content (AvgIpc) is 2.75. The van der Waals surface area contributed by atoms with Crippen LogP contribution in [0.25, 0.3) is 0 Å². The van der Waals surface area contributed by atoms with E-state index in [2.05, 4.69) is 4.99 Å². The predicted molar refractivity (Wildman–Crippen MR) is 121 cm³/mol. The Morgan fingerprint density at radius 1 is 1.19 bits per heavy atom. The van der Waals surface area contributed by atoms with Crippen LogP contribution in [0.1, 0.15) is 37.5 Å². The molecule has 32 heavy (non-hydrogen) atoms. The van der Waals surface area contributed by atoms with E-state index in [4.69, 9.17) is 10.5 Å². The first kappa shape index (κ1) is 23.5. The highest BCUT2D eigenvalue weighted by molar-refractivity contribution is 6.02. The highest BCUT2D eigenvalue weighted by Crippen LogP contribution is 2.30. The van der Waals surface area contributed by atoms with Crippen LogP contribution >= 0.6 is 0 Å². The Morgan fingerprint density at radius 3 is 2.56 bits per heavy atom. The average molecular weight is 443 g/mol. The van der Waals surface area contributed by atoms with Crippen molar-refractivity contribution in [3.63, 3.8) is 0 Å². The van der Waals surface area contributed by atoms with Gasteiger partial charge in [-0.1, -0.05) is 30.3 Å².